The molecule has 1 amide bonds. The van der Waals surface area contributed by atoms with E-state index in [2.05, 4.69) is 36.4 Å². The molecule has 1 N–H and O–H groups in total. The van der Waals surface area contributed by atoms with Gasteiger partial charge in [0.05, 0.1) is 17.0 Å². The third-order valence-corrected chi connectivity index (χ3v) is 4.73. The predicted molar refractivity (Wildman–Crippen MR) is 94.8 cm³/mol. The number of amides is 1. The van der Waals surface area contributed by atoms with Crippen LogP contribution in [0.15, 0.2) is 39.6 Å². The number of rotatable bonds is 5. The molecule has 0 fully saturated rings. The van der Waals surface area contributed by atoms with Crippen LogP contribution in [0.2, 0.25) is 0 Å². The number of hydrogen-bond donors (Lipinski definition) is 1. The molecule has 24 heavy (non-hydrogen) atoms. The maximum absolute atomic E-state index is 12.1. The molecule has 0 radical (unpaired) electrons. The van der Waals surface area contributed by atoms with E-state index in [1.54, 1.807) is 12.3 Å². The lowest BCUT2D eigenvalue weighted by Gasteiger charge is -2.03. The summed E-state index contributed by atoms with van der Waals surface area (Å²) < 4.78 is 6.05. The largest absolute Gasteiger partial charge is 0.347 e. The van der Waals surface area contributed by atoms with Crippen LogP contribution in [0.5, 0.6) is 0 Å². The van der Waals surface area contributed by atoms with Gasteiger partial charge < -0.3 is 9.84 Å². The van der Waals surface area contributed by atoms with Crippen LogP contribution >= 0.6 is 27.3 Å². The summed E-state index contributed by atoms with van der Waals surface area (Å²) in [5.74, 6) is 1.26. The molecule has 3 heterocycles. The molecule has 3 aromatic rings. The first-order chi connectivity index (χ1) is 11.5. The lowest BCUT2D eigenvalue weighted by Crippen LogP contribution is -2.22. The molecular formula is C16H15BrN4O2S. The maximum atomic E-state index is 12.1. The summed E-state index contributed by atoms with van der Waals surface area (Å²) in [5.41, 5.74) is 0.514. The molecule has 0 saturated heterocycles. The molecular weight excluding hydrogens is 392 g/mol. The second-order valence-electron chi connectivity index (χ2n) is 5.45. The van der Waals surface area contributed by atoms with E-state index in [1.807, 2.05) is 26.0 Å². The van der Waals surface area contributed by atoms with Crippen molar-refractivity contribution in [1.29, 1.82) is 0 Å². The number of pyridine rings is 1. The van der Waals surface area contributed by atoms with Crippen molar-refractivity contribution in [2.75, 3.05) is 0 Å². The van der Waals surface area contributed by atoms with Gasteiger partial charge in [-0.05, 0) is 34.1 Å². The summed E-state index contributed by atoms with van der Waals surface area (Å²) in [5, 5.41) is 6.84. The SMILES string of the molecule is CC(C)c1noc(-c2ccc(CNC(=O)c3cncc(Br)c3)s2)n1. The Labute approximate surface area is 151 Å². The van der Waals surface area contributed by atoms with Crippen molar-refractivity contribution in [3.8, 4) is 10.8 Å². The number of carbonyl (C=O) groups excluding carboxylic acids is 1. The number of carbonyl (C=O) groups is 1. The van der Waals surface area contributed by atoms with E-state index in [4.69, 9.17) is 4.52 Å². The fourth-order valence-electron chi connectivity index (χ4n) is 1.96. The monoisotopic (exact) mass is 406 g/mol. The Bertz CT molecular complexity index is 859. The molecule has 3 aromatic heterocycles. The van der Waals surface area contributed by atoms with Gasteiger partial charge in [-0.3, -0.25) is 9.78 Å². The molecule has 0 saturated carbocycles. The van der Waals surface area contributed by atoms with Gasteiger partial charge in [0.2, 0.25) is 0 Å². The standard InChI is InChI=1S/C16H15BrN4O2S/c1-9(2)14-20-16(23-21-14)13-4-3-12(24-13)8-19-15(22)10-5-11(17)7-18-6-10/h3-7,9H,8H2,1-2H3,(H,19,22). The maximum Gasteiger partial charge on any atom is 0.268 e. The molecule has 0 unspecified atom stereocenters. The van der Waals surface area contributed by atoms with Gasteiger partial charge in [0, 0.05) is 27.7 Å². The van der Waals surface area contributed by atoms with Crippen molar-refractivity contribution in [1.82, 2.24) is 20.4 Å². The van der Waals surface area contributed by atoms with Crippen LogP contribution in [0.4, 0.5) is 0 Å². The third kappa shape index (κ3) is 3.88. The predicted octanol–water partition coefficient (Wildman–Crippen LogP) is 4.01. The molecule has 0 aliphatic rings. The second kappa shape index (κ2) is 7.23. The lowest BCUT2D eigenvalue weighted by molar-refractivity contribution is 0.0951. The summed E-state index contributed by atoms with van der Waals surface area (Å²) in [7, 11) is 0. The van der Waals surface area contributed by atoms with Crippen LogP contribution < -0.4 is 5.32 Å². The van der Waals surface area contributed by atoms with Gasteiger partial charge in [0.25, 0.3) is 11.8 Å². The Balaban J connectivity index is 1.64. The van der Waals surface area contributed by atoms with Crippen LogP contribution in [0.1, 0.15) is 40.8 Å². The van der Waals surface area contributed by atoms with E-state index in [-0.39, 0.29) is 11.8 Å². The number of thiophene rings is 1. The van der Waals surface area contributed by atoms with E-state index in [0.717, 1.165) is 14.2 Å². The average molecular weight is 407 g/mol. The Morgan fingerprint density at radius 2 is 2.21 bits per heavy atom. The molecule has 0 aliphatic carbocycles. The minimum atomic E-state index is -0.168. The minimum absolute atomic E-state index is 0.168. The Morgan fingerprint density at radius 3 is 2.92 bits per heavy atom. The molecule has 124 valence electrons. The van der Waals surface area contributed by atoms with Crippen molar-refractivity contribution < 1.29 is 9.32 Å². The molecule has 0 aliphatic heterocycles. The number of aromatic nitrogens is 3. The van der Waals surface area contributed by atoms with Crippen LogP contribution in [0.3, 0.4) is 0 Å². The van der Waals surface area contributed by atoms with E-state index in [1.165, 1.54) is 17.5 Å². The van der Waals surface area contributed by atoms with Crippen LogP contribution in [-0.2, 0) is 6.54 Å². The van der Waals surface area contributed by atoms with Crippen molar-refractivity contribution in [3.63, 3.8) is 0 Å². The number of nitrogens with one attached hydrogen (secondary N) is 1. The van der Waals surface area contributed by atoms with Crippen molar-refractivity contribution in [2.45, 2.75) is 26.3 Å². The highest BCUT2D eigenvalue weighted by Crippen LogP contribution is 2.27. The first kappa shape index (κ1) is 16.8. The van der Waals surface area contributed by atoms with E-state index in [9.17, 15) is 4.79 Å². The minimum Gasteiger partial charge on any atom is -0.347 e. The topological polar surface area (TPSA) is 80.9 Å². The Kier molecular flexibility index (Phi) is 5.06. The van der Waals surface area contributed by atoms with Gasteiger partial charge in [0.1, 0.15) is 0 Å². The summed E-state index contributed by atoms with van der Waals surface area (Å²) in [6.07, 6.45) is 3.17. The van der Waals surface area contributed by atoms with Crippen LogP contribution in [0.25, 0.3) is 10.8 Å². The van der Waals surface area contributed by atoms with Gasteiger partial charge in [-0.15, -0.1) is 11.3 Å². The fourth-order valence-corrected chi connectivity index (χ4v) is 3.20. The second-order valence-corrected chi connectivity index (χ2v) is 7.54. The van der Waals surface area contributed by atoms with Gasteiger partial charge in [-0.2, -0.15) is 4.98 Å². The highest BCUT2D eigenvalue weighted by molar-refractivity contribution is 9.10. The lowest BCUT2D eigenvalue weighted by atomic mass is 10.2. The van der Waals surface area contributed by atoms with Gasteiger partial charge >= 0.3 is 0 Å². The molecule has 0 spiro atoms. The summed E-state index contributed by atoms with van der Waals surface area (Å²) in [6, 6.07) is 5.59. The molecule has 3 rings (SSSR count). The zero-order valence-electron chi connectivity index (χ0n) is 13.1. The molecule has 0 aromatic carbocycles. The summed E-state index contributed by atoms with van der Waals surface area (Å²) >= 11 is 4.82. The molecule has 6 nitrogen and oxygen atoms in total. The normalized spacial score (nSPS) is 11.0. The highest BCUT2D eigenvalue weighted by atomic mass is 79.9. The van der Waals surface area contributed by atoms with Crippen LogP contribution in [-0.4, -0.2) is 21.0 Å². The van der Waals surface area contributed by atoms with Crippen molar-refractivity contribution in [2.24, 2.45) is 0 Å². The summed E-state index contributed by atoms with van der Waals surface area (Å²) in [6.45, 7) is 4.46. The Hall–Kier alpha value is -2.06. The van der Waals surface area contributed by atoms with Crippen molar-refractivity contribution >= 4 is 33.2 Å². The highest BCUT2D eigenvalue weighted by Gasteiger charge is 2.14. The van der Waals surface area contributed by atoms with E-state index >= 15 is 0 Å². The number of hydrogen-bond acceptors (Lipinski definition) is 6. The zero-order valence-corrected chi connectivity index (χ0v) is 15.5. The van der Waals surface area contributed by atoms with Crippen LogP contribution in [0, 0.1) is 0 Å². The molecule has 0 bridgehead atoms. The third-order valence-electron chi connectivity index (χ3n) is 3.22. The first-order valence-electron chi connectivity index (χ1n) is 7.34. The van der Waals surface area contributed by atoms with E-state index < -0.39 is 0 Å². The number of halogens is 1. The summed E-state index contributed by atoms with van der Waals surface area (Å²) in [4.78, 5) is 22.4. The first-order valence-corrected chi connectivity index (χ1v) is 8.95. The van der Waals surface area contributed by atoms with Crippen molar-refractivity contribution in [3.05, 3.63) is 51.3 Å². The average Bonchev–Trinajstić information content (AvgIpc) is 3.21. The van der Waals surface area contributed by atoms with E-state index in [0.29, 0.717) is 23.8 Å². The van der Waals surface area contributed by atoms with Gasteiger partial charge in [0.15, 0.2) is 5.82 Å². The fraction of sp³-hybridized carbons (Fsp3) is 0.250. The molecule has 0 atom stereocenters. The Morgan fingerprint density at radius 1 is 1.38 bits per heavy atom. The smallest absolute Gasteiger partial charge is 0.268 e. The quantitative estimate of drug-likeness (QED) is 0.691. The zero-order chi connectivity index (χ0) is 17.1. The van der Waals surface area contributed by atoms with Gasteiger partial charge in [-0.1, -0.05) is 19.0 Å². The van der Waals surface area contributed by atoms with Gasteiger partial charge in [-0.25, -0.2) is 0 Å². The molecule has 8 heteroatoms. The number of nitrogens with zero attached hydrogens (tertiary/aromatic N) is 3.